The van der Waals surface area contributed by atoms with Crippen LogP contribution in [0.1, 0.15) is 37.2 Å². The first kappa shape index (κ1) is 25.3. The highest BCUT2D eigenvalue weighted by Gasteiger charge is 2.14. The number of guanidine groups is 1. The van der Waals surface area contributed by atoms with Crippen LogP contribution in [0.5, 0.6) is 0 Å². The Balaban J connectivity index is 0.00000420. The van der Waals surface area contributed by atoms with Crippen molar-refractivity contribution < 1.29 is 0 Å². The molecule has 1 unspecified atom stereocenters. The van der Waals surface area contributed by atoms with Crippen LogP contribution in [-0.2, 0) is 13.5 Å². The van der Waals surface area contributed by atoms with E-state index in [-0.39, 0.29) is 30.0 Å². The Kier molecular flexibility index (Phi) is 11.1. The number of aliphatic imine (C=N–C) groups is 1. The molecule has 0 amide bonds. The molecule has 0 saturated carbocycles. The topological polar surface area (TPSA) is 57.5 Å². The average Bonchev–Trinajstić information content (AvgIpc) is 2.91. The number of nitrogens with zero attached hydrogens (tertiary/aromatic N) is 4. The third-order valence-corrected chi connectivity index (χ3v) is 5.02. The Bertz CT molecular complexity index is 756. The van der Waals surface area contributed by atoms with E-state index in [1.807, 2.05) is 17.8 Å². The van der Waals surface area contributed by atoms with Crippen molar-refractivity contribution >= 4 is 35.6 Å². The van der Waals surface area contributed by atoms with Crippen LogP contribution in [0.2, 0.25) is 0 Å². The highest BCUT2D eigenvalue weighted by atomic mass is 127. The number of aryl methyl sites for hydroxylation is 2. The molecule has 1 atom stereocenters. The predicted molar refractivity (Wildman–Crippen MR) is 135 cm³/mol. The molecule has 0 spiro atoms. The molecule has 1 aromatic carbocycles. The zero-order valence-corrected chi connectivity index (χ0v) is 21.0. The van der Waals surface area contributed by atoms with Crippen molar-refractivity contribution in [2.75, 3.05) is 31.6 Å². The van der Waals surface area contributed by atoms with E-state index < -0.39 is 0 Å². The van der Waals surface area contributed by atoms with E-state index in [9.17, 15) is 0 Å². The summed E-state index contributed by atoms with van der Waals surface area (Å²) in [5.74, 6) is 0.886. The quantitative estimate of drug-likeness (QED) is 0.233. The van der Waals surface area contributed by atoms with Crippen molar-refractivity contribution in [2.45, 2.75) is 46.6 Å². The van der Waals surface area contributed by atoms with E-state index in [2.05, 4.69) is 79.6 Å². The van der Waals surface area contributed by atoms with E-state index in [1.165, 1.54) is 16.9 Å². The lowest BCUT2D eigenvalue weighted by Gasteiger charge is -2.20. The van der Waals surface area contributed by atoms with Gasteiger partial charge in [-0.15, -0.1) is 24.0 Å². The van der Waals surface area contributed by atoms with Gasteiger partial charge in [0.1, 0.15) is 0 Å². The number of anilines is 1. The molecule has 2 rings (SSSR count). The number of hydrogen-bond acceptors (Lipinski definition) is 3. The molecule has 0 aliphatic heterocycles. The Morgan fingerprint density at radius 2 is 1.93 bits per heavy atom. The van der Waals surface area contributed by atoms with E-state index in [0.717, 1.165) is 44.1 Å². The van der Waals surface area contributed by atoms with Crippen molar-refractivity contribution in [3.8, 4) is 0 Å². The summed E-state index contributed by atoms with van der Waals surface area (Å²) in [5.41, 5.74) is 4.91. The van der Waals surface area contributed by atoms with Crippen LogP contribution in [-0.4, -0.2) is 48.5 Å². The second-order valence-corrected chi connectivity index (χ2v) is 7.39. The maximum absolute atomic E-state index is 4.76. The summed E-state index contributed by atoms with van der Waals surface area (Å²) in [4.78, 5) is 7.03. The lowest BCUT2D eigenvalue weighted by Crippen LogP contribution is -2.43. The van der Waals surface area contributed by atoms with Gasteiger partial charge in [-0.2, -0.15) is 5.10 Å². The maximum atomic E-state index is 4.76. The summed E-state index contributed by atoms with van der Waals surface area (Å²) in [6.45, 7) is 11.1. The Labute approximate surface area is 193 Å². The van der Waals surface area contributed by atoms with Gasteiger partial charge in [0.25, 0.3) is 0 Å². The number of hydrogen-bond donors (Lipinski definition) is 2. The summed E-state index contributed by atoms with van der Waals surface area (Å²) in [6, 6.07) is 10.8. The fourth-order valence-electron chi connectivity index (χ4n) is 3.33. The molecule has 0 aliphatic rings. The predicted octanol–water partition coefficient (Wildman–Crippen LogP) is 3.67. The number of halogens is 1. The van der Waals surface area contributed by atoms with Gasteiger partial charge in [-0.25, -0.2) is 0 Å². The summed E-state index contributed by atoms with van der Waals surface area (Å²) in [6.07, 6.45) is 1.95. The maximum Gasteiger partial charge on any atom is 0.191 e. The van der Waals surface area contributed by atoms with Gasteiger partial charge >= 0.3 is 0 Å². The SMILES string of the molecule is CCNC(=NCCCN(C)c1ccccc1)NC(C)Cc1c(C)nn(C)c1C.I. The molecule has 2 aromatic rings. The molecule has 162 valence electrons. The van der Waals surface area contributed by atoms with Gasteiger partial charge in [-0.3, -0.25) is 9.67 Å². The molecule has 1 aromatic heterocycles. The largest absolute Gasteiger partial charge is 0.375 e. The van der Waals surface area contributed by atoms with Crippen LogP contribution >= 0.6 is 24.0 Å². The van der Waals surface area contributed by atoms with Gasteiger partial charge < -0.3 is 15.5 Å². The molecule has 0 bridgehead atoms. The van der Waals surface area contributed by atoms with Crippen LogP contribution < -0.4 is 15.5 Å². The van der Waals surface area contributed by atoms with Crippen molar-refractivity contribution in [1.82, 2.24) is 20.4 Å². The van der Waals surface area contributed by atoms with Gasteiger partial charge in [-0.05, 0) is 58.2 Å². The molecular weight excluding hydrogens is 475 g/mol. The fourth-order valence-corrected chi connectivity index (χ4v) is 3.33. The van der Waals surface area contributed by atoms with Gasteiger partial charge in [0, 0.05) is 51.2 Å². The Morgan fingerprint density at radius 3 is 2.52 bits per heavy atom. The first-order valence-electron chi connectivity index (χ1n) is 10.2. The second kappa shape index (κ2) is 12.7. The summed E-state index contributed by atoms with van der Waals surface area (Å²) >= 11 is 0. The highest BCUT2D eigenvalue weighted by Crippen LogP contribution is 2.14. The van der Waals surface area contributed by atoms with Crippen LogP contribution in [0.25, 0.3) is 0 Å². The van der Waals surface area contributed by atoms with Crippen molar-refractivity contribution in [3.05, 3.63) is 47.3 Å². The van der Waals surface area contributed by atoms with Crippen molar-refractivity contribution in [1.29, 1.82) is 0 Å². The van der Waals surface area contributed by atoms with E-state index in [4.69, 9.17) is 4.99 Å². The summed E-state index contributed by atoms with van der Waals surface area (Å²) < 4.78 is 1.96. The van der Waals surface area contributed by atoms with Crippen molar-refractivity contribution in [3.63, 3.8) is 0 Å². The van der Waals surface area contributed by atoms with E-state index >= 15 is 0 Å². The van der Waals surface area contributed by atoms with Gasteiger partial charge in [0.05, 0.1) is 5.69 Å². The molecular formula is C22H37IN6. The minimum Gasteiger partial charge on any atom is -0.375 e. The summed E-state index contributed by atoms with van der Waals surface area (Å²) in [7, 11) is 4.13. The van der Waals surface area contributed by atoms with Crippen LogP contribution in [0.3, 0.4) is 0 Å². The van der Waals surface area contributed by atoms with Crippen LogP contribution in [0.4, 0.5) is 5.69 Å². The molecule has 0 aliphatic carbocycles. The average molecular weight is 512 g/mol. The second-order valence-electron chi connectivity index (χ2n) is 7.39. The van der Waals surface area contributed by atoms with Gasteiger partial charge in [0.15, 0.2) is 5.96 Å². The number of rotatable bonds is 9. The Hall–Kier alpha value is -1.77. The molecule has 0 radical (unpaired) electrons. The summed E-state index contributed by atoms with van der Waals surface area (Å²) in [5, 5.41) is 11.4. The molecule has 6 nitrogen and oxygen atoms in total. The first-order valence-corrected chi connectivity index (χ1v) is 10.2. The molecule has 2 N–H and O–H groups in total. The van der Waals surface area contributed by atoms with E-state index in [1.54, 1.807) is 0 Å². The van der Waals surface area contributed by atoms with Crippen molar-refractivity contribution in [2.24, 2.45) is 12.0 Å². The van der Waals surface area contributed by atoms with Crippen LogP contribution in [0, 0.1) is 13.8 Å². The lowest BCUT2D eigenvalue weighted by atomic mass is 10.1. The minimum absolute atomic E-state index is 0. The molecule has 0 saturated heterocycles. The van der Waals surface area contributed by atoms with Gasteiger partial charge in [-0.1, -0.05) is 18.2 Å². The smallest absolute Gasteiger partial charge is 0.191 e. The number of nitrogens with one attached hydrogen (secondary N) is 2. The molecule has 29 heavy (non-hydrogen) atoms. The first-order chi connectivity index (χ1) is 13.4. The number of aromatic nitrogens is 2. The monoisotopic (exact) mass is 512 g/mol. The molecule has 1 heterocycles. The molecule has 7 heteroatoms. The fraction of sp³-hybridized carbons (Fsp3) is 0.545. The van der Waals surface area contributed by atoms with E-state index in [0.29, 0.717) is 0 Å². The third-order valence-electron chi connectivity index (χ3n) is 5.02. The van der Waals surface area contributed by atoms with Gasteiger partial charge in [0.2, 0.25) is 0 Å². The number of benzene rings is 1. The molecule has 0 fully saturated rings. The Morgan fingerprint density at radius 1 is 1.24 bits per heavy atom. The minimum atomic E-state index is 0. The highest BCUT2D eigenvalue weighted by molar-refractivity contribution is 14.0. The third kappa shape index (κ3) is 7.87. The zero-order valence-electron chi connectivity index (χ0n) is 18.7. The van der Waals surface area contributed by atoms with Crippen LogP contribution in [0.15, 0.2) is 35.3 Å². The zero-order chi connectivity index (χ0) is 20.5. The number of para-hydroxylation sites is 1. The standard InChI is InChI=1S/C22H36N6.HI/c1-7-23-22(24-14-11-15-27(5)20-12-9-8-10-13-20)25-17(2)16-21-18(3)26-28(6)19(21)4;/h8-10,12-13,17H,7,11,14-16H2,1-6H3,(H2,23,24,25);1H. The normalized spacial score (nSPS) is 12.3. The lowest BCUT2D eigenvalue weighted by molar-refractivity contribution is 0.634.